The molecule has 0 aliphatic carbocycles. The predicted molar refractivity (Wildman–Crippen MR) is 191 cm³/mol. The zero-order valence-electron chi connectivity index (χ0n) is 24.2. The lowest BCUT2D eigenvalue weighted by molar-refractivity contribution is 1.14. The van der Waals surface area contributed by atoms with Crippen LogP contribution in [0.5, 0.6) is 0 Å². The highest BCUT2D eigenvalue weighted by molar-refractivity contribution is 7.26. The molecule has 0 saturated carbocycles. The third-order valence-corrected chi connectivity index (χ3v) is 10.3. The highest BCUT2D eigenvalue weighted by Gasteiger charge is 2.19. The van der Waals surface area contributed by atoms with Gasteiger partial charge in [-0.2, -0.15) is 0 Å². The summed E-state index contributed by atoms with van der Waals surface area (Å²) >= 11 is 1.86. The molecule has 10 rings (SSSR count). The molecule has 0 saturated heterocycles. The van der Waals surface area contributed by atoms with Gasteiger partial charge in [0, 0.05) is 59.3 Å². The van der Waals surface area contributed by atoms with E-state index in [-0.39, 0.29) is 0 Å². The van der Waals surface area contributed by atoms with Crippen LogP contribution in [0.2, 0.25) is 0 Å². The molecular weight excluding hydrogens is 567 g/mol. The number of fused-ring (bicyclic) bond motifs is 10. The highest BCUT2D eigenvalue weighted by atomic mass is 32.1. The van der Waals surface area contributed by atoms with Crippen molar-refractivity contribution >= 4 is 75.3 Å². The van der Waals surface area contributed by atoms with Crippen molar-refractivity contribution in [3.63, 3.8) is 0 Å². The smallest absolute Gasteiger partial charge is 0.145 e. The quantitative estimate of drug-likeness (QED) is 0.200. The molecule has 0 aliphatic heterocycles. The van der Waals surface area contributed by atoms with Crippen LogP contribution in [0.15, 0.2) is 152 Å². The number of hydrogen-bond donors (Lipinski definition) is 0. The molecule has 10 aromatic rings. The van der Waals surface area contributed by atoms with Gasteiger partial charge in [0.2, 0.25) is 0 Å². The number of thiophene rings is 1. The molecule has 4 aromatic heterocycles. The predicted octanol–water partition coefficient (Wildman–Crippen LogP) is 11.3. The van der Waals surface area contributed by atoms with Crippen molar-refractivity contribution in [2.75, 3.05) is 0 Å². The summed E-state index contributed by atoms with van der Waals surface area (Å²) in [5, 5.41) is 7.62. The van der Waals surface area contributed by atoms with Gasteiger partial charge in [-0.1, -0.05) is 78.9 Å². The molecule has 0 amide bonds. The van der Waals surface area contributed by atoms with Crippen molar-refractivity contribution in [3.05, 3.63) is 152 Å². The van der Waals surface area contributed by atoms with Crippen molar-refractivity contribution in [2.45, 2.75) is 0 Å². The van der Waals surface area contributed by atoms with Crippen LogP contribution in [-0.4, -0.2) is 14.1 Å². The number of hydrogen-bond acceptors (Lipinski definition) is 2. The maximum absolute atomic E-state index is 4.94. The maximum Gasteiger partial charge on any atom is 0.145 e. The van der Waals surface area contributed by atoms with Gasteiger partial charge in [0.25, 0.3) is 0 Å². The van der Waals surface area contributed by atoms with Crippen molar-refractivity contribution in [3.8, 4) is 22.5 Å². The third kappa shape index (κ3) is 3.54. The molecule has 0 aliphatic rings. The summed E-state index contributed by atoms with van der Waals surface area (Å²) in [6.45, 7) is 0. The number of nitrogens with zero attached hydrogens (tertiary/aromatic N) is 3. The summed E-state index contributed by atoms with van der Waals surface area (Å²) in [6, 6.07) is 52.7. The van der Waals surface area contributed by atoms with E-state index in [2.05, 4.69) is 155 Å². The summed E-state index contributed by atoms with van der Waals surface area (Å²) in [5.41, 5.74) is 9.19. The van der Waals surface area contributed by atoms with E-state index in [0.717, 1.165) is 17.0 Å². The third-order valence-electron chi connectivity index (χ3n) is 9.15. The van der Waals surface area contributed by atoms with Crippen LogP contribution in [0, 0.1) is 0 Å². The van der Waals surface area contributed by atoms with Gasteiger partial charge in [0.05, 0.1) is 16.6 Å². The van der Waals surface area contributed by atoms with Crippen LogP contribution in [-0.2, 0) is 0 Å². The maximum atomic E-state index is 4.94. The van der Waals surface area contributed by atoms with E-state index in [1.165, 1.54) is 69.4 Å². The van der Waals surface area contributed by atoms with Gasteiger partial charge in [-0.15, -0.1) is 11.3 Å². The van der Waals surface area contributed by atoms with Crippen molar-refractivity contribution in [2.24, 2.45) is 0 Å². The lowest BCUT2D eigenvalue weighted by atomic mass is 10.0. The minimum Gasteiger partial charge on any atom is -0.309 e. The van der Waals surface area contributed by atoms with Gasteiger partial charge in [-0.25, -0.2) is 4.98 Å². The Kier molecular flexibility index (Phi) is 5.16. The molecule has 0 radical (unpaired) electrons. The molecule has 4 heterocycles. The van der Waals surface area contributed by atoms with E-state index in [1.54, 1.807) is 0 Å². The first-order valence-electron chi connectivity index (χ1n) is 15.2. The van der Waals surface area contributed by atoms with Gasteiger partial charge >= 0.3 is 0 Å². The van der Waals surface area contributed by atoms with Gasteiger partial charge in [0.1, 0.15) is 5.65 Å². The number of aromatic nitrogens is 3. The summed E-state index contributed by atoms with van der Waals surface area (Å²) in [5.74, 6) is 0. The molecule has 6 aromatic carbocycles. The fourth-order valence-electron chi connectivity index (χ4n) is 7.26. The topological polar surface area (TPSA) is 22.8 Å². The number of rotatable bonds is 3. The first-order valence-corrected chi connectivity index (χ1v) is 16.0. The van der Waals surface area contributed by atoms with Crippen LogP contribution in [0.1, 0.15) is 0 Å². The number of pyridine rings is 1. The largest absolute Gasteiger partial charge is 0.309 e. The Morgan fingerprint density at radius 2 is 1.04 bits per heavy atom. The average molecular weight is 592 g/mol. The van der Waals surface area contributed by atoms with E-state index >= 15 is 0 Å². The normalized spacial score (nSPS) is 12.0. The molecule has 0 N–H and O–H groups in total. The van der Waals surface area contributed by atoms with E-state index in [9.17, 15) is 0 Å². The summed E-state index contributed by atoms with van der Waals surface area (Å²) in [6.07, 6.45) is 1.90. The molecule has 0 bridgehead atoms. The highest BCUT2D eigenvalue weighted by Crippen LogP contribution is 2.43. The molecule has 3 nitrogen and oxygen atoms in total. The van der Waals surface area contributed by atoms with E-state index in [4.69, 9.17) is 4.98 Å². The molecule has 0 fully saturated rings. The molecule has 4 heteroatoms. The second-order valence-corrected chi connectivity index (χ2v) is 12.7. The molecular formula is C41H25N3S. The Hall–Kier alpha value is -5.71. The number of benzene rings is 6. The van der Waals surface area contributed by atoms with E-state index < -0.39 is 0 Å². The second-order valence-electron chi connectivity index (χ2n) is 11.6. The van der Waals surface area contributed by atoms with Crippen LogP contribution in [0.25, 0.3) is 86.4 Å². The van der Waals surface area contributed by atoms with Gasteiger partial charge in [-0.3, -0.25) is 4.57 Å². The van der Waals surface area contributed by atoms with Crippen LogP contribution in [0.4, 0.5) is 0 Å². The van der Waals surface area contributed by atoms with Crippen molar-refractivity contribution < 1.29 is 0 Å². The number of para-hydroxylation sites is 2. The zero-order valence-corrected chi connectivity index (χ0v) is 25.0. The Balaban J connectivity index is 1.18. The fourth-order valence-corrected chi connectivity index (χ4v) is 8.37. The standard InChI is InChI=1S/C41H25N3S/c1-4-18-34-30(14-1)31-15-2-5-19-35(31)43(34)28-12-7-10-26(24-28)27-11-8-13-29(25-27)44-36-21-22-38-40(32-16-3-6-20-37(32)45-38)39(36)33-17-9-23-42-41(33)44/h1-25H. The van der Waals surface area contributed by atoms with Crippen molar-refractivity contribution in [1.82, 2.24) is 14.1 Å². The first kappa shape index (κ1) is 24.7. The molecule has 0 unspecified atom stereocenters. The van der Waals surface area contributed by atoms with Crippen LogP contribution < -0.4 is 0 Å². The van der Waals surface area contributed by atoms with E-state index in [1.807, 2.05) is 17.5 Å². The minimum absolute atomic E-state index is 0.978. The molecule has 45 heavy (non-hydrogen) atoms. The average Bonchev–Trinajstić information content (AvgIpc) is 3.76. The lowest BCUT2D eigenvalue weighted by Crippen LogP contribution is -1.96. The molecule has 0 spiro atoms. The van der Waals surface area contributed by atoms with Crippen LogP contribution >= 0.6 is 11.3 Å². The van der Waals surface area contributed by atoms with Gasteiger partial charge in [-0.05, 0) is 77.9 Å². The summed E-state index contributed by atoms with van der Waals surface area (Å²) in [7, 11) is 0. The second kappa shape index (κ2) is 9.39. The molecule has 0 atom stereocenters. The van der Waals surface area contributed by atoms with Crippen molar-refractivity contribution in [1.29, 1.82) is 0 Å². The summed E-state index contributed by atoms with van der Waals surface area (Å²) < 4.78 is 7.33. The Bertz CT molecular complexity index is 2720. The Morgan fingerprint density at radius 3 is 1.78 bits per heavy atom. The monoisotopic (exact) mass is 591 g/mol. The Morgan fingerprint density at radius 1 is 0.422 bits per heavy atom. The first-order chi connectivity index (χ1) is 22.3. The van der Waals surface area contributed by atoms with E-state index in [0.29, 0.717) is 0 Å². The molecule has 210 valence electrons. The lowest BCUT2D eigenvalue weighted by Gasteiger charge is -2.12. The van der Waals surface area contributed by atoms with Gasteiger partial charge < -0.3 is 4.57 Å². The fraction of sp³-hybridized carbons (Fsp3) is 0. The zero-order chi connectivity index (χ0) is 29.5. The van der Waals surface area contributed by atoms with Crippen LogP contribution in [0.3, 0.4) is 0 Å². The summed E-state index contributed by atoms with van der Waals surface area (Å²) in [4.78, 5) is 4.94. The van der Waals surface area contributed by atoms with Gasteiger partial charge in [0.15, 0.2) is 0 Å². The SMILES string of the molecule is c1cc(-c2cccc(-n3c4ccc5sc6ccccc6c5c4c4cccnc43)c2)cc(-n2c3ccccc3c3ccccc32)c1. The Labute approximate surface area is 262 Å². The minimum atomic E-state index is 0.978.